The molecule has 0 bridgehead atoms. The van der Waals surface area contributed by atoms with E-state index in [0.29, 0.717) is 0 Å². The summed E-state index contributed by atoms with van der Waals surface area (Å²) in [6.45, 7) is -1.57. The second-order valence-corrected chi connectivity index (χ2v) is 6.27. The molecule has 0 aromatic heterocycles. The molecule has 1 heterocycles. The van der Waals surface area contributed by atoms with Gasteiger partial charge in [-0.2, -0.15) is 8.78 Å². The Kier molecular flexibility index (Phi) is 7.11. The van der Waals surface area contributed by atoms with Crippen molar-refractivity contribution in [3.8, 4) is 5.75 Å². The van der Waals surface area contributed by atoms with Crippen LogP contribution in [-0.4, -0.2) is 59.5 Å². The Morgan fingerprint density at radius 2 is 1.93 bits per heavy atom. The third-order valence-electron chi connectivity index (χ3n) is 3.44. The van der Waals surface area contributed by atoms with Crippen molar-refractivity contribution >= 4 is 34.8 Å². The lowest BCUT2D eigenvalue weighted by atomic mass is 10.2. The molecular formula is C16H16F2N2O6S. The largest absolute Gasteiger partial charge is 0.449 e. The Morgan fingerprint density at radius 3 is 2.48 bits per heavy atom. The molecule has 11 heteroatoms. The Balaban J connectivity index is 1.78. The molecule has 146 valence electrons. The number of carbonyl (C=O) groups excluding carboxylic acids is 4. The lowest BCUT2D eigenvalue weighted by Crippen LogP contribution is -2.41. The molecule has 8 nitrogen and oxygen atoms in total. The summed E-state index contributed by atoms with van der Waals surface area (Å²) < 4.78 is 33.3. The molecule has 1 aliphatic heterocycles. The van der Waals surface area contributed by atoms with E-state index >= 15 is 0 Å². The van der Waals surface area contributed by atoms with Crippen LogP contribution in [-0.2, 0) is 14.3 Å². The Bertz CT molecular complexity index is 712. The second kappa shape index (κ2) is 9.31. The first-order valence-corrected chi connectivity index (χ1v) is 8.77. The van der Waals surface area contributed by atoms with Gasteiger partial charge >= 0.3 is 12.6 Å². The van der Waals surface area contributed by atoms with Crippen LogP contribution < -0.4 is 10.1 Å². The van der Waals surface area contributed by atoms with E-state index in [1.807, 2.05) is 0 Å². The topological polar surface area (TPSA) is 102 Å². The van der Waals surface area contributed by atoms with Crippen LogP contribution in [0.2, 0.25) is 0 Å². The van der Waals surface area contributed by atoms with Gasteiger partial charge in [-0.15, -0.1) is 0 Å². The first-order chi connectivity index (χ1) is 12.8. The van der Waals surface area contributed by atoms with Gasteiger partial charge in [0.1, 0.15) is 5.75 Å². The minimum absolute atomic E-state index is 0.0262. The van der Waals surface area contributed by atoms with E-state index in [1.165, 1.54) is 31.2 Å². The molecule has 0 spiro atoms. The minimum Gasteiger partial charge on any atom is -0.449 e. The van der Waals surface area contributed by atoms with E-state index in [-0.39, 0.29) is 41.3 Å². The Labute approximate surface area is 157 Å². The van der Waals surface area contributed by atoms with Gasteiger partial charge in [0, 0.05) is 13.1 Å². The van der Waals surface area contributed by atoms with Crippen molar-refractivity contribution in [3.63, 3.8) is 0 Å². The van der Waals surface area contributed by atoms with Gasteiger partial charge in [-0.1, -0.05) is 11.8 Å². The van der Waals surface area contributed by atoms with Gasteiger partial charge in [0.05, 0.1) is 11.3 Å². The highest BCUT2D eigenvalue weighted by molar-refractivity contribution is 8.14. The summed E-state index contributed by atoms with van der Waals surface area (Å²) in [5, 5.41) is 2.10. The minimum atomic E-state index is -2.98. The van der Waals surface area contributed by atoms with Crippen molar-refractivity contribution < 1.29 is 37.4 Å². The van der Waals surface area contributed by atoms with Crippen molar-refractivity contribution in [2.24, 2.45) is 0 Å². The number of nitrogens with zero attached hydrogens (tertiary/aromatic N) is 1. The lowest BCUT2D eigenvalue weighted by molar-refractivity contribution is -0.130. The van der Waals surface area contributed by atoms with Crippen LogP contribution in [0.5, 0.6) is 5.75 Å². The third-order valence-corrected chi connectivity index (χ3v) is 4.30. The van der Waals surface area contributed by atoms with Gasteiger partial charge < -0.3 is 14.8 Å². The van der Waals surface area contributed by atoms with E-state index in [0.717, 1.165) is 16.7 Å². The van der Waals surface area contributed by atoms with Crippen LogP contribution >= 0.6 is 11.8 Å². The highest BCUT2D eigenvalue weighted by Gasteiger charge is 2.29. The fraction of sp³-hybridized carbons (Fsp3) is 0.375. The fourth-order valence-electron chi connectivity index (χ4n) is 2.09. The normalized spacial score (nSPS) is 15.0. The van der Waals surface area contributed by atoms with Gasteiger partial charge in [-0.05, 0) is 31.2 Å². The molecule has 0 radical (unpaired) electrons. The summed E-state index contributed by atoms with van der Waals surface area (Å²) in [6, 6.07) is 4.81. The average molecular weight is 402 g/mol. The van der Waals surface area contributed by atoms with Crippen LogP contribution in [0.4, 0.5) is 13.6 Å². The number of hydrogen-bond acceptors (Lipinski definition) is 7. The summed E-state index contributed by atoms with van der Waals surface area (Å²) in [6.07, 6.45) is -1.13. The lowest BCUT2D eigenvalue weighted by Gasteiger charge is -2.16. The summed E-state index contributed by atoms with van der Waals surface area (Å²) in [5.41, 5.74) is 0.0570. The van der Waals surface area contributed by atoms with E-state index < -0.39 is 24.6 Å². The molecule has 1 aliphatic rings. The Morgan fingerprint density at radius 1 is 1.26 bits per heavy atom. The number of hydrogen-bond donors (Lipinski definition) is 1. The van der Waals surface area contributed by atoms with E-state index in [9.17, 15) is 28.0 Å². The summed E-state index contributed by atoms with van der Waals surface area (Å²) >= 11 is 0.894. The maximum atomic E-state index is 12.1. The Hall–Kier alpha value is -2.69. The van der Waals surface area contributed by atoms with E-state index in [1.54, 1.807) is 0 Å². The predicted molar refractivity (Wildman–Crippen MR) is 90.5 cm³/mol. The number of benzene rings is 1. The molecule has 0 saturated carbocycles. The molecule has 3 amide bonds. The van der Waals surface area contributed by atoms with Crippen LogP contribution in [0.15, 0.2) is 24.3 Å². The van der Waals surface area contributed by atoms with Crippen molar-refractivity contribution in [1.82, 2.24) is 10.2 Å². The quantitative estimate of drug-likeness (QED) is 0.660. The molecular weight excluding hydrogens is 386 g/mol. The van der Waals surface area contributed by atoms with E-state index in [4.69, 9.17) is 4.74 Å². The summed E-state index contributed by atoms with van der Waals surface area (Å²) in [7, 11) is 0. The number of imide groups is 1. The molecule has 1 N–H and O–H groups in total. The van der Waals surface area contributed by atoms with Gasteiger partial charge in [-0.3, -0.25) is 19.3 Å². The number of rotatable bonds is 8. The van der Waals surface area contributed by atoms with Crippen molar-refractivity contribution in [3.05, 3.63) is 29.8 Å². The van der Waals surface area contributed by atoms with Crippen molar-refractivity contribution in [1.29, 1.82) is 0 Å². The zero-order chi connectivity index (χ0) is 20.0. The molecule has 1 fully saturated rings. The molecule has 1 saturated heterocycles. The van der Waals surface area contributed by atoms with Crippen molar-refractivity contribution in [2.45, 2.75) is 19.6 Å². The van der Waals surface area contributed by atoms with Gasteiger partial charge in [-0.25, -0.2) is 4.79 Å². The van der Waals surface area contributed by atoms with Crippen LogP contribution in [0.25, 0.3) is 0 Å². The van der Waals surface area contributed by atoms with E-state index in [2.05, 4.69) is 10.1 Å². The first-order valence-electron chi connectivity index (χ1n) is 7.78. The number of halogens is 2. The smallest absolute Gasteiger partial charge is 0.387 e. The number of ether oxygens (including phenoxy) is 2. The molecule has 1 atom stereocenters. The monoisotopic (exact) mass is 402 g/mol. The summed E-state index contributed by atoms with van der Waals surface area (Å²) in [5.74, 6) is -1.77. The van der Waals surface area contributed by atoms with Crippen LogP contribution in [0.3, 0.4) is 0 Å². The maximum Gasteiger partial charge on any atom is 0.387 e. The second-order valence-electron chi connectivity index (χ2n) is 5.34. The van der Waals surface area contributed by atoms with Crippen LogP contribution in [0.1, 0.15) is 17.3 Å². The molecule has 0 unspecified atom stereocenters. The molecule has 0 aliphatic carbocycles. The third kappa shape index (κ3) is 5.91. The highest BCUT2D eigenvalue weighted by Crippen LogP contribution is 2.18. The van der Waals surface area contributed by atoms with Gasteiger partial charge in [0.25, 0.3) is 11.1 Å². The summed E-state index contributed by atoms with van der Waals surface area (Å²) in [4.78, 5) is 47.8. The standard InChI is InChI=1S/C16H16F2N2O6S/c1-9(13(22)19-6-7-20-12(21)8-27-16(20)24)25-14(23)10-2-4-11(5-3-10)26-15(17)18/h2-5,9,15H,6-8H2,1H3,(H,19,22)/t9-/m1/s1. The van der Waals surface area contributed by atoms with Crippen molar-refractivity contribution in [2.75, 3.05) is 18.8 Å². The number of thioether (sulfide) groups is 1. The van der Waals surface area contributed by atoms with Crippen LogP contribution in [0, 0.1) is 0 Å². The SMILES string of the molecule is C[C@@H](OC(=O)c1ccc(OC(F)F)cc1)C(=O)NCCN1C(=O)CSC1=O. The number of alkyl halides is 2. The maximum absolute atomic E-state index is 12.1. The molecule has 2 rings (SSSR count). The van der Waals surface area contributed by atoms with Gasteiger partial charge in [0.15, 0.2) is 6.10 Å². The predicted octanol–water partition coefficient (Wildman–Crippen LogP) is 1.64. The zero-order valence-electron chi connectivity index (χ0n) is 14.1. The highest BCUT2D eigenvalue weighted by atomic mass is 32.2. The first kappa shape index (κ1) is 20.6. The van der Waals surface area contributed by atoms with Gasteiger partial charge in [0.2, 0.25) is 5.91 Å². The molecule has 1 aromatic carbocycles. The fourth-order valence-corrected chi connectivity index (χ4v) is 2.84. The number of carbonyl (C=O) groups is 4. The molecule has 27 heavy (non-hydrogen) atoms. The molecule has 1 aromatic rings. The number of amides is 3. The number of nitrogens with one attached hydrogen (secondary N) is 1. The number of esters is 1. The zero-order valence-corrected chi connectivity index (χ0v) is 15.0. The average Bonchev–Trinajstić information content (AvgIpc) is 2.93.